The summed E-state index contributed by atoms with van der Waals surface area (Å²) in [6.45, 7) is 7.71. The minimum absolute atomic E-state index is 0.0146. The van der Waals surface area contributed by atoms with Crippen molar-refractivity contribution >= 4 is 17.3 Å². The number of nitrogens with zero attached hydrogens (tertiary/aromatic N) is 1. The van der Waals surface area contributed by atoms with Crippen molar-refractivity contribution in [2.75, 3.05) is 11.9 Å². The van der Waals surface area contributed by atoms with E-state index in [0.29, 0.717) is 11.3 Å². The summed E-state index contributed by atoms with van der Waals surface area (Å²) in [6, 6.07) is 3.37. The Balaban J connectivity index is 2.79. The third-order valence-corrected chi connectivity index (χ3v) is 3.24. The molecule has 0 saturated carbocycles. The van der Waals surface area contributed by atoms with Crippen LogP contribution in [0.1, 0.15) is 31.4 Å². The molecule has 0 aliphatic heterocycles. The molecule has 0 aliphatic rings. The lowest BCUT2D eigenvalue weighted by atomic mass is 10.1. The van der Waals surface area contributed by atoms with Gasteiger partial charge in [-0.25, -0.2) is 0 Å². The van der Waals surface area contributed by atoms with Gasteiger partial charge in [-0.3, -0.25) is 14.9 Å². The van der Waals surface area contributed by atoms with Crippen molar-refractivity contribution < 1.29 is 9.72 Å². The molecule has 1 aromatic rings. The maximum atomic E-state index is 11.8. The zero-order valence-corrected chi connectivity index (χ0v) is 12.3. The van der Waals surface area contributed by atoms with E-state index in [1.807, 2.05) is 20.8 Å². The highest BCUT2D eigenvalue weighted by molar-refractivity contribution is 5.93. The fourth-order valence-corrected chi connectivity index (χ4v) is 1.78. The summed E-state index contributed by atoms with van der Waals surface area (Å²) in [6.07, 6.45) is 0.933. The third kappa shape index (κ3) is 4.31. The molecule has 1 aromatic carbocycles. The van der Waals surface area contributed by atoms with Gasteiger partial charge in [-0.05, 0) is 38.8 Å². The van der Waals surface area contributed by atoms with Crippen molar-refractivity contribution in [1.82, 2.24) is 5.32 Å². The molecule has 1 unspecified atom stereocenters. The first-order valence-corrected chi connectivity index (χ1v) is 6.64. The van der Waals surface area contributed by atoms with Crippen LogP contribution in [0.25, 0.3) is 0 Å². The van der Waals surface area contributed by atoms with Crippen LogP contribution in [-0.2, 0) is 4.79 Å². The summed E-state index contributed by atoms with van der Waals surface area (Å²) >= 11 is 0. The summed E-state index contributed by atoms with van der Waals surface area (Å²) < 4.78 is 0. The van der Waals surface area contributed by atoms with Crippen molar-refractivity contribution in [3.05, 3.63) is 33.4 Å². The Labute approximate surface area is 118 Å². The van der Waals surface area contributed by atoms with Crippen LogP contribution in [0.5, 0.6) is 0 Å². The number of nitro benzene ring substituents is 1. The van der Waals surface area contributed by atoms with Gasteiger partial charge in [0.1, 0.15) is 0 Å². The summed E-state index contributed by atoms with van der Waals surface area (Å²) in [7, 11) is 0. The first-order valence-electron chi connectivity index (χ1n) is 6.64. The first-order chi connectivity index (χ1) is 9.35. The number of nitro groups is 1. The number of nitrogens with one attached hydrogen (secondary N) is 2. The second-order valence-electron chi connectivity index (χ2n) is 4.95. The SMILES string of the molecule is CCC(C)NCC(=O)Nc1cc([N+](=O)[O-])c(C)cc1C. The molecular formula is C14H21N3O3. The highest BCUT2D eigenvalue weighted by atomic mass is 16.6. The molecule has 0 spiro atoms. The molecule has 2 N–H and O–H groups in total. The highest BCUT2D eigenvalue weighted by Crippen LogP contribution is 2.26. The summed E-state index contributed by atoms with van der Waals surface area (Å²) in [5, 5.41) is 16.7. The second-order valence-corrected chi connectivity index (χ2v) is 4.95. The predicted octanol–water partition coefficient (Wildman–Crippen LogP) is 2.54. The Morgan fingerprint density at radius 3 is 2.55 bits per heavy atom. The van der Waals surface area contributed by atoms with E-state index in [0.717, 1.165) is 12.0 Å². The molecular weight excluding hydrogens is 258 g/mol. The van der Waals surface area contributed by atoms with E-state index in [9.17, 15) is 14.9 Å². The van der Waals surface area contributed by atoms with Crippen LogP contribution in [0.2, 0.25) is 0 Å². The average molecular weight is 279 g/mol. The molecule has 0 fully saturated rings. The molecule has 1 amide bonds. The number of hydrogen-bond donors (Lipinski definition) is 2. The monoisotopic (exact) mass is 279 g/mol. The maximum Gasteiger partial charge on any atom is 0.274 e. The maximum absolute atomic E-state index is 11.8. The number of anilines is 1. The van der Waals surface area contributed by atoms with Crippen molar-refractivity contribution in [3.8, 4) is 0 Å². The van der Waals surface area contributed by atoms with Crippen LogP contribution < -0.4 is 10.6 Å². The van der Waals surface area contributed by atoms with Gasteiger partial charge < -0.3 is 10.6 Å². The number of benzene rings is 1. The van der Waals surface area contributed by atoms with Crippen LogP contribution in [0, 0.1) is 24.0 Å². The van der Waals surface area contributed by atoms with Gasteiger partial charge in [-0.15, -0.1) is 0 Å². The van der Waals surface area contributed by atoms with Crippen molar-refractivity contribution in [3.63, 3.8) is 0 Å². The van der Waals surface area contributed by atoms with E-state index in [1.54, 1.807) is 13.0 Å². The molecule has 1 atom stereocenters. The lowest BCUT2D eigenvalue weighted by Crippen LogP contribution is -2.34. The van der Waals surface area contributed by atoms with Crippen LogP contribution in [-0.4, -0.2) is 23.4 Å². The Morgan fingerprint density at radius 2 is 2.00 bits per heavy atom. The smallest absolute Gasteiger partial charge is 0.274 e. The highest BCUT2D eigenvalue weighted by Gasteiger charge is 2.15. The zero-order valence-electron chi connectivity index (χ0n) is 12.3. The number of carbonyl (C=O) groups excluding carboxylic acids is 1. The van der Waals surface area contributed by atoms with E-state index in [2.05, 4.69) is 10.6 Å². The summed E-state index contributed by atoms with van der Waals surface area (Å²) in [4.78, 5) is 22.3. The first kappa shape index (κ1) is 16.1. The Morgan fingerprint density at radius 1 is 1.35 bits per heavy atom. The van der Waals surface area contributed by atoms with Gasteiger partial charge in [0, 0.05) is 17.7 Å². The number of rotatable bonds is 6. The fourth-order valence-electron chi connectivity index (χ4n) is 1.78. The summed E-state index contributed by atoms with van der Waals surface area (Å²) in [5.74, 6) is -0.202. The molecule has 6 heteroatoms. The Kier molecular flexibility index (Phi) is 5.64. The molecule has 20 heavy (non-hydrogen) atoms. The topological polar surface area (TPSA) is 84.3 Å². The second kappa shape index (κ2) is 7.00. The molecule has 0 bridgehead atoms. The predicted molar refractivity (Wildman–Crippen MR) is 79.0 cm³/mol. The average Bonchev–Trinajstić information content (AvgIpc) is 2.38. The largest absolute Gasteiger partial charge is 0.324 e. The standard InChI is InChI=1S/C14H21N3O3/c1-5-11(4)15-8-14(18)16-12-7-13(17(19)20)10(3)6-9(12)2/h6-7,11,15H,5,8H2,1-4H3,(H,16,18). The normalized spacial score (nSPS) is 12.0. The van der Waals surface area contributed by atoms with Crippen LogP contribution >= 0.6 is 0 Å². The van der Waals surface area contributed by atoms with Crippen molar-refractivity contribution in [2.45, 2.75) is 40.2 Å². The molecule has 6 nitrogen and oxygen atoms in total. The number of carbonyl (C=O) groups is 1. The number of amides is 1. The zero-order chi connectivity index (χ0) is 15.3. The van der Waals surface area contributed by atoms with Gasteiger partial charge in [-0.1, -0.05) is 6.92 Å². The van der Waals surface area contributed by atoms with Crippen molar-refractivity contribution in [1.29, 1.82) is 0 Å². The quantitative estimate of drug-likeness (QED) is 0.619. The van der Waals surface area contributed by atoms with E-state index in [1.165, 1.54) is 6.07 Å². The van der Waals surface area contributed by atoms with Gasteiger partial charge in [0.05, 0.1) is 17.2 Å². The lowest BCUT2D eigenvalue weighted by molar-refractivity contribution is -0.385. The molecule has 0 radical (unpaired) electrons. The van der Waals surface area contributed by atoms with Crippen molar-refractivity contribution in [2.24, 2.45) is 0 Å². The van der Waals surface area contributed by atoms with E-state index in [4.69, 9.17) is 0 Å². The number of aryl methyl sites for hydroxylation is 2. The van der Waals surface area contributed by atoms with E-state index < -0.39 is 4.92 Å². The lowest BCUT2D eigenvalue weighted by Gasteiger charge is -2.13. The van der Waals surface area contributed by atoms with Gasteiger partial charge in [-0.2, -0.15) is 0 Å². The third-order valence-electron chi connectivity index (χ3n) is 3.24. The van der Waals surface area contributed by atoms with Gasteiger partial charge in [0.25, 0.3) is 5.69 Å². The van der Waals surface area contributed by atoms with Gasteiger partial charge >= 0.3 is 0 Å². The van der Waals surface area contributed by atoms with E-state index in [-0.39, 0.29) is 24.2 Å². The Bertz CT molecular complexity index is 515. The van der Waals surface area contributed by atoms with Crippen LogP contribution in [0.4, 0.5) is 11.4 Å². The van der Waals surface area contributed by atoms with Crippen LogP contribution in [0.15, 0.2) is 12.1 Å². The Hall–Kier alpha value is -1.95. The molecule has 0 aliphatic carbocycles. The van der Waals surface area contributed by atoms with Gasteiger partial charge in [0.2, 0.25) is 5.91 Å². The van der Waals surface area contributed by atoms with E-state index >= 15 is 0 Å². The van der Waals surface area contributed by atoms with Gasteiger partial charge in [0.15, 0.2) is 0 Å². The molecule has 0 aromatic heterocycles. The molecule has 1 rings (SSSR count). The number of hydrogen-bond acceptors (Lipinski definition) is 4. The molecule has 0 saturated heterocycles. The minimum atomic E-state index is -0.443. The van der Waals surface area contributed by atoms with Crippen LogP contribution in [0.3, 0.4) is 0 Å². The molecule has 0 heterocycles. The minimum Gasteiger partial charge on any atom is -0.324 e. The fraction of sp³-hybridized carbons (Fsp3) is 0.500. The molecule has 110 valence electrons. The summed E-state index contributed by atoms with van der Waals surface area (Å²) in [5.41, 5.74) is 1.90.